The quantitative estimate of drug-likeness (QED) is 0.861. The highest BCUT2D eigenvalue weighted by Gasteiger charge is 2.38. The van der Waals surface area contributed by atoms with Crippen LogP contribution in [0.3, 0.4) is 0 Å². The Hall–Kier alpha value is -0.120. The van der Waals surface area contributed by atoms with Crippen LogP contribution in [0.15, 0.2) is 0 Å². The lowest BCUT2D eigenvalue weighted by Gasteiger charge is -2.46. The highest BCUT2D eigenvalue weighted by Crippen LogP contribution is 2.39. The molecule has 1 aliphatic heterocycles. The van der Waals surface area contributed by atoms with Gasteiger partial charge in [-0.25, -0.2) is 0 Å². The molecule has 21 heavy (non-hydrogen) atoms. The van der Waals surface area contributed by atoms with Crippen molar-refractivity contribution in [1.82, 2.24) is 10.2 Å². The Bertz CT molecular complexity index is 292. The number of hydrogen-bond acceptors (Lipinski definition) is 3. The molecule has 1 saturated carbocycles. The first-order chi connectivity index (χ1) is 10.0. The van der Waals surface area contributed by atoms with Crippen molar-refractivity contribution in [3.05, 3.63) is 0 Å². The minimum atomic E-state index is 0.441. The lowest BCUT2D eigenvalue weighted by Crippen LogP contribution is -2.55. The van der Waals surface area contributed by atoms with Crippen molar-refractivity contribution in [2.45, 2.75) is 71.9 Å². The van der Waals surface area contributed by atoms with Gasteiger partial charge in [0.1, 0.15) is 0 Å². The Morgan fingerprint density at radius 2 is 1.95 bits per heavy atom. The van der Waals surface area contributed by atoms with Crippen LogP contribution in [0.5, 0.6) is 0 Å². The normalized spacial score (nSPS) is 32.9. The van der Waals surface area contributed by atoms with Crippen molar-refractivity contribution >= 4 is 0 Å². The van der Waals surface area contributed by atoms with Gasteiger partial charge in [0.2, 0.25) is 0 Å². The highest BCUT2D eigenvalue weighted by molar-refractivity contribution is 4.94. The molecule has 1 aliphatic carbocycles. The van der Waals surface area contributed by atoms with Crippen molar-refractivity contribution in [3.63, 3.8) is 0 Å². The van der Waals surface area contributed by atoms with Crippen molar-refractivity contribution < 1.29 is 4.74 Å². The van der Waals surface area contributed by atoms with Gasteiger partial charge in [-0.05, 0) is 50.0 Å². The molecule has 3 heteroatoms. The van der Waals surface area contributed by atoms with E-state index in [1.54, 1.807) is 0 Å². The van der Waals surface area contributed by atoms with Gasteiger partial charge in [0.15, 0.2) is 0 Å². The van der Waals surface area contributed by atoms with Crippen LogP contribution in [0, 0.1) is 11.3 Å². The Balaban J connectivity index is 2.04. The van der Waals surface area contributed by atoms with Gasteiger partial charge >= 0.3 is 0 Å². The number of rotatable bonds is 4. The van der Waals surface area contributed by atoms with Gasteiger partial charge in [0.25, 0.3) is 0 Å². The lowest BCUT2D eigenvalue weighted by molar-refractivity contribution is 0.0547. The zero-order valence-corrected chi connectivity index (χ0v) is 14.7. The summed E-state index contributed by atoms with van der Waals surface area (Å²) < 4.78 is 5.66. The van der Waals surface area contributed by atoms with Gasteiger partial charge in [-0.3, -0.25) is 4.90 Å². The smallest absolute Gasteiger partial charge is 0.0593 e. The summed E-state index contributed by atoms with van der Waals surface area (Å²) in [7, 11) is 0. The molecular formula is C18H36N2O. The topological polar surface area (TPSA) is 24.5 Å². The Labute approximate surface area is 131 Å². The zero-order chi connectivity index (χ0) is 15.3. The summed E-state index contributed by atoms with van der Waals surface area (Å²) in [5.41, 5.74) is 0.441. The minimum Gasteiger partial charge on any atom is -0.380 e. The molecule has 3 atom stereocenters. The van der Waals surface area contributed by atoms with Gasteiger partial charge in [-0.1, -0.05) is 27.7 Å². The van der Waals surface area contributed by atoms with Crippen LogP contribution in [0.25, 0.3) is 0 Å². The van der Waals surface area contributed by atoms with Crippen molar-refractivity contribution in [3.8, 4) is 0 Å². The second-order valence-corrected chi connectivity index (χ2v) is 8.01. The van der Waals surface area contributed by atoms with E-state index in [9.17, 15) is 0 Å². The molecule has 124 valence electrons. The van der Waals surface area contributed by atoms with Gasteiger partial charge in [0.05, 0.1) is 6.61 Å². The van der Waals surface area contributed by atoms with Crippen LogP contribution in [-0.4, -0.2) is 49.8 Å². The fraction of sp³-hybridized carbons (Fsp3) is 1.00. The van der Waals surface area contributed by atoms with E-state index in [1.807, 2.05) is 0 Å². The van der Waals surface area contributed by atoms with Crippen molar-refractivity contribution in [2.24, 2.45) is 11.3 Å². The molecule has 2 fully saturated rings. The second-order valence-electron chi connectivity index (χ2n) is 8.01. The number of hydrogen-bond donors (Lipinski definition) is 1. The molecule has 2 aliphatic rings. The van der Waals surface area contributed by atoms with E-state index in [0.717, 1.165) is 32.2 Å². The van der Waals surface area contributed by atoms with E-state index >= 15 is 0 Å². The molecule has 1 heterocycles. The molecule has 2 rings (SSSR count). The predicted octanol–water partition coefficient (Wildman–Crippen LogP) is 3.29. The molecule has 3 nitrogen and oxygen atoms in total. The van der Waals surface area contributed by atoms with Gasteiger partial charge in [-0.15, -0.1) is 0 Å². The molecule has 0 aromatic rings. The maximum Gasteiger partial charge on any atom is 0.0593 e. The average Bonchev–Trinajstić information content (AvgIpc) is 2.73. The number of ether oxygens (including phenoxy) is 1. The summed E-state index contributed by atoms with van der Waals surface area (Å²) in [5.74, 6) is 0.853. The summed E-state index contributed by atoms with van der Waals surface area (Å²) in [6.07, 6.45) is 6.49. The summed E-state index contributed by atoms with van der Waals surface area (Å²) in [6, 6.07) is 1.39. The maximum absolute atomic E-state index is 5.66. The second kappa shape index (κ2) is 7.94. The summed E-state index contributed by atoms with van der Waals surface area (Å²) in [5, 5.41) is 3.83. The van der Waals surface area contributed by atoms with Gasteiger partial charge < -0.3 is 10.1 Å². The van der Waals surface area contributed by atoms with Crippen LogP contribution >= 0.6 is 0 Å². The zero-order valence-electron chi connectivity index (χ0n) is 14.7. The molecule has 0 spiro atoms. The largest absolute Gasteiger partial charge is 0.380 e. The van der Waals surface area contributed by atoms with Crippen LogP contribution < -0.4 is 5.32 Å². The van der Waals surface area contributed by atoms with Crippen LogP contribution in [-0.2, 0) is 4.74 Å². The van der Waals surface area contributed by atoms with E-state index in [4.69, 9.17) is 4.74 Å². The molecule has 1 saturated heterocycles. The number of nitrogens with zero attached hydrogens (tertiary/aromatic N) is 1. The SMILES string of the molecule is CCCNC1CCC(C(C)(C)C)CC1N1CCCOCC1. The average molecular weight is 296 g/mol. The fourth-order valence-corrected chi connectivity index (χ4v) is 4.00. The Kier molecular flexibility index (Phi) is 6.51. The first-order valence-electron chi connectivity index (χ1n) is 9.07. The molecule has 1 N–H and O–H groups in total. The molecular weight excluding hydrogens is 260 g/mol. The van der Waals surface area contributed by atoms with Crippen molar-refractivity contribution in [1.29, 1.82) is 0 Å². The third kappa shape index (κ3) is 4.94. The van der Waals surface area contributed by atoms with E-state index in [2.05, 4.69) is 37.9 Å². The first-order valence-corrected chi connectivity index (χ1v) is 9.07. The lowest BCUT2D eigenvalue weighted by atomic mass is 9.69. The Morgan fingerprint density at radius 3 is 2.67 bits per heavy atom. The molecule has 0 bridgehead atoms. The highest BCUT2D eigenvalue weighted by atomic mass is 16.5. The van der Waals surface area contributed by atoms with E-state index in [0.29, 0.717) is 17.5 Å². The van der Waals surface area contributed by atoms with Crippen LogP contribution in [0.4, 0.5) is 0 Å². The molecule has 0 aromatic carbocycles. The third-order valence-electron chi connectivity index (χ3n) is 5.42. The third-order valence-corrected chi connectivity index (χ3v) is 5.42. The molecule has 3 unspecified atom stereocenters. The van der Waals surface area contributed by atoms with E-state index in [-0.39, 0.29) is 0 Å². The fourth-order valence-electron chi connectivity index (χ4n) is 4.00. The van der Waals surface area contributed by atoms with E-state index in [1.165, 1.54) is 38.6 Å². The van der Waals surface area contributed by atoms with Crippen LogP contribution in [0.1, 0.15) is 59.8 Å². The van der Waals surface area contributed by atoms with Crippen LogP contribution in [0.2, 0.25) is 0 Å². The maximum atomic E-state index is 5.66. The Morgan fingerprint density at radius 1 is 1.14 bits per heavy atom. The van der Waals surface area contributed by atoms with Gasteiger partial charge in [-0.2, -0.15) is 0 Å². The molecule has 0 radical (unpaired) electrons. The van der Waals surface area contributed by atoms with Gasteiger partial charge in [0, 0.05) is 31.8 Å². The number of nitrogens with one attached hydrogen (secondary N) is 1. The predicted molar refractivity (Wildman–Crippen MR) is 89.7 cm³/mol. The standard InChI is InChI=1S/C18H36N2O/c1-5-9-19-16-8-7-15(18(2,3)4)14-17(16)20-10-6-12-21-13-11-20/h15-17,19H,5-14H2,1-4H3. The van der Waals surface area contributed by atoms with E-state index < -0.39 is 0 Å². The summed E-state index contributed by atoms with van der Waals surface area (Å²) in [4.78, 5) is 2.72. The van der Waals surface area contributed by atoms with Crippen molar-refractivity contribution in [2.75, 3.05) is 32.8 Å². The minimum absolute atomic E-state index is 0.441. The summed E-state index contributed by atoms with van der Waals surface area (Å²) in [6.45, 7) is 14.9. The summed E-state index contributed by atoms with van der Waals surface area (Å²) >= 11 is 0. The first kappa shape index (κ1) is 17.2. The monoisotopic (exact) mass is 296 g/mol. The molecule has 0 aromatic heterocycles. The molecule has 0 amide bonds.